The van der Waals surface area contributed by atoms with E-state index in [4.69, 9.17) is 0 Å². The lowest BCUT2D eigenvalue weighted by Gasteiger charge is -2.18. The molecule has 2 heterocycles. The van der Waals surface area contributed by atoms with Crippen LogP contribution in [0.2, 0.25) is 0 Å². The molecule has 36 heavy (non-hydrogen) atoms. The molecule has 1 aliphatic carbocycles. The zero-order chi connectivity index (χ0) is 25.8. The summed E-state index contributed by atoms with van der Waals surface area (Å²) in [6, 6.07) is 3.21. The molecule has 0 bridgehead atoms. The molecule has 2 aromatic heterocycles. The zero-order valence-electron chi connectivity index (χ0n) is 18.5. The van der Waals surface area contributed by atoms with Crippen LogP contribution in [-0.4, -0.2) is 42.2 Å². The fraction of sp³-hybridized carbons (Fsp3) is 0.174. The summed E-state index contributed by atoms with van der Waals surface area (Å²) in [5, 5.41) is 0.261. The molecule has 1 fully saturated rings. The van der Waals surface area contributed by atoms with Gasteiger partial charge < -0.3 is 9.88 Å². The number of benzene rings is 2. The summed E-state index contributed by atoms with van der Waals surface area (Å²) in [5.41, 5.74) is -1.64. The number of aromatic amines is 1. The van der Waals surface area contributed by atoms with Gasteiger partial charge in [0, 0.05) is 25.4 Å². The van der Waals surface area contributed by atoms with Gasteiger partial charge >= 0.3 is 0 Å². The molecule has 2 aromatic carbocycles. The van der Waals surface area contributed by atoms with Gasteiger partial charge in [-0.05, 0) is 37.1 Å². The SMILES string of the molecule is CN(c1ncnc2[nH]cc(C(=O)c3c(F)ccc(NS(=O)(=O)c4cc(F)cc(F)c4)c3F)c12)C1CC1. The van der Waals surface area contributed by atoms with E-state index in [0.29, 0.717) is 30.1 Å². The Balaban J connectivity index is 1.57. The number of hydrogen-bond donors (Lipinski definition) is 2. The molecule has 0 amide bonds. The lowest BCUT2D eigenvalue weighted by atomic mass is 10.0. The predicted molar refractivity (Wildman–Crippen MR) is 122 cm³/mol. The minimum atomic E-state index is -4.68. The van der Waals surface area contributed by atoms with Crippen molar-refractivity contribution in [1.82, 2.24) is 15.0 Å². The highest BCUT2D eigenvalue weighted by Gasteiger charge is 2.32. The minimum Gasteiger partial charge on any atom is -0.356 e. The van der Waals surface area contributed by atoms with Crippen molar-refractivity contribution >= 4 is 38.3 Å². The highest BCUT2D eigenvalue weighted by Crippen LogP contribution is 2.35. The van der Waals surface area contributed by atoms with Crippen molar-refractivity contribution in [1.29, 1.82) is 0 Å². The second-order valence-corrected chi connectivity index (χ2v) is 9.97. The van der Waals surface area contributed by atoms with Crippen LogP contribution < -0.4 is 9.62 Å². The Morgan fingerprint density at radius 3 is 2.44 bits per heavy atom. The van der Waals surface area contributed by atoms with Crippen molar-refractivity contribution in [2.45, 2.75) is 23.8 Å². The molecule has 0 atom stereocenters. The maximum atomic E-state index is 15.4. The predicted octanol–water partition coefficient (Wildman–Crippen LogP) is 4.14. The van der Waals surface area contributed by atoms with Gasteiger partial charge in [0.05, 0.1) is 27.1 Å². The van der Waals surface area contributed by atoms with Crippen LogP contribution in [0.4, 0.5) is 29.1 Å². The molecule has 0 spiro atoms. The van der Waals surface area contributed by atoms with E-state index in [0.717, 1.165) is 18.9 Å². The number of anilines is 2. The molecule has 1 aliphatic rings. The van der Waals surface area contributed by atoms with Gasteiger partial charge in [-0.25, -0.2) is 35.9 Å². The molecule has 13 heteroatoms. The lowest BCUT2D eigenvalue weighted by Crippen LogP contribution is -2.21. The standard InChI is InChI=1S/C23H17F4N5O3S/c1-32(13-2-3-13)23-18-15(9-28-22(18)29-10-30-23)21(33)19-16(26)4-5-17(20(19)27)31-36(34,35)14-7-11(24)6-12(25)8-14/h4-10,13,31H,2-3H2,1H3,(H,28,29,30). The lowest BCUT2D eigenvalue weighted by molar-refractivity contribution is 0.103. The second kappa shape index (κ2) is 8.59. The topological polar surface area (TPSA) is 108 Å². The average Bonchev–Trinajstić information content (AvgIpc) is 3.58. The third kappa shape index (κ3) is 4.15. The molecule has 2 N–H and O–H groups in total. The third-order valence-electron chi connectivity index (χ3n) is 5.83. The zero-order valence-corrected chi connectivity index (χ0v) is 19.3. The summed E-state index contributed by atoms with van der Waals surface area (Å²) in [4.78, 5) is 25.5. The largest absolute Gasteiger partial charge is 0.356 e. The Labute approximate surface area is 202 Å². The first-order chi connectivity index (χ1) is 17.1. The average molecular weight is 519 g/mol. The van der Waals surface area contributed by atoms with Crippen LogP contribution in [-0.2, 0) is 10.0 Å². The van der Waals surface area contributed by atoms with Gasteiger partial charge in [0.25, 0.3) is 10.0 Å². The molecular weight excluding hydrogens is 502 g/mol. The molecule has 0 saturated heterocycles. The molecule has 0 radical (unpaired) electrons. The number of halogens is 4. The number of H-pyrrole nitrogens is 1. The Bertz CT molecular complexity index is 1620. The summed E-state index contributed by atoms with van der Waals surface area (Å²) in [6.45, 7) is 0. The Morgan fingerprint density at radius 2 is 1.78 bits per heavy atom. The second-order valence-electron chi connectivity index (χ2n) is 8.29. The number of nitrogens with one attached hydrogen (secondary N) is 2. The van der Waals surface area contributed by atoms with Gasteiger partial charge in [-0.15, -0.1) is 0 Å². The van der Waals surface area contributed by atoms with Crippen LogP contribution in [0.1, 0.15) is 28.8 Å². The van der Waals surface area contributed by atoms with Crippen molar-refractivity contribution in [2.75, 3.05) is 16.7 Å². The Kier molecular flexibility index (Phi) is 5.66. The van der Waals surface area contributed by atoms with Gasteiger partial charge in [0.15, 0.2) is 5.82 Å². The number of rotatable bonds is 7. The fourth-order valence-electron chi connectivity index (χ4n) is 3.89. The highest BCUT2D eigenvalue weighted by molar-refractivity contribution is 7.92. The van der Waals surface area contributed by atoms with Gasteiger partial charge in [-0.2, -0.15) is 0 Å². The highest BCUT2D eigenvalue weighted by atomic mass is 32.2. The Hall–Kier alpha value is -4.00. The van der Waals surface area contributed by atoms with Crippen LogP contribution in [0.5, 0.6) is 0 Å². The normalized spacial score (nSPS) is 13.7. The third-order valence-corrected chi connectivity index (χ3v) is 7.18. The summed E-state index contributed by atoms with van der Waals surface area (Å²) >= 11 is 0. The van der Waals surface area contributed by atoms with E-state index >= 15 is 4.39 Å². The van der Waals surface area contributed by atoms with E-state index in [2.05, 4.69) is 15.0 Å². The quantitative estimate of drug-likeness (QED) is 0.281. The van der Waals surface area contributed by atoms with Crippen molar-refractivity contribution in [2.24, 2.45) is 0 Å². The van der Waals surface area contributed by atoms with Crippen LogP contribution in [0, 0.1) is 23.3 Å². The van der Waals surface area contributed by atoms with Crippen LogP contribution in [0.3, 0.4) is 0 Å². The molecule has 4 aromatic rings. The molecule has 8 nitrogen and oxygen atoms in total. The first kappa shape index (κ1) is 23.7. The number of ketones is 1. The minimum absolute atomic E-state index is 0.113. The van der Waals surface area contributed by atoms with Crippen molar-refractivity contribution in [3.05, 3.63) is 77.3 Å². The number of fused-ring (bicyclic) bond motifs is 1. The van der Waals surface area contributed by atoms with Crippen LogP contribution in [0.15, 0.2) is 47.8 Å². The summed E-state index contributed by atoms with van der Waals surface area (Å²) < 4.78 is 84.2. The number of nitrogens with zero attached hydrogens (tertiary/aromatic N) is 3. The molecule has 0 unspecified atom stereocenters. The monoisotopic (exact) mass is 519 g/mol. The summed E-state index contributed by atoms with van der Waals surface area (Å²) in [7, 11) is -2.90. The van der Waals surface area contributed by atoms with E-state index in [9.17, 15) is 26.4 Å². The number of sulfonamides is 1. The van der Waals surface area contributed by atoms with Crippen molar-refractivity contribution in [3.8, 4) is 0 Å². The van der Waals surface area contributed by atoms with E-state index < -0.39 is 55.2 Å². The number of carbonyl (C=O) groups excluding carboxylic acids is 1. The number of hydrogen-bond acceptors (Lipinski definition) is 6. The first-order valence-corrected chi connectivity index (χ1v) is 12.1. The molecule has 5 rings (SSSR count). The maximum absolute atomic E-state index is 15.4. The van der Waals surface area contributed by atoms with Crippen molar-refractivity contribution < 1.29 is 30.8 Å². The van der Waals surface area contributed by atoms with Gasteiger partial charge in [0.2, 0.25) is 5.78 Å². The molecule has 186 valence electrons. The number of carbonyl (C=O) groups is 1. The van der Waals surface area contributed by atoms with E-state index in [1.165, 1.54) is 12.5 Å². The fourth-order valence-corrected chi connectivity index (χ4v) is 4.99. The van der Waals surface area contributed by atoms with Crippen molar-refractivity contribution in [3.63, 3.8) is 0 Å². The van der Waals surface area contributed by atoms with Gasteiger partial charge in [-0.1, -0.05) is 0 Å². The number of aromatic nitrogens is 3. The molecular formula is C23H17F4N5O3S. The molecule has 0 aliphatic heterocycles. The smallest absolute Gasteiger partial charge is 0.262 e. The van der Waals surface area contributed by atoms with Crippen LogP contribution in [0.25, 0.3) is 11.0 Å². The van der Waals surface area contributed by atoms with E-state index in [1.54, 1.807) is 7.05 Å². The Morgan fingerprint density at radius 1 is 1.08 bits per heavy atom. The van der Waals surface area contributed by atoms with Crippen LogP contribution >= 0.6 is 0 Å². The van der Waals surface area contributed by atoms with E-state index in [-0.39, 0.29) is 22.6 Å². The van der Waals surface area contributed by atoms with Gasteiger partial charge in [0.1, 0.15) is 35.2 Å². The summed E-state index contributed by atoms with van der Waals surface area (Å²) in [6.07, 6.45) is 4.40. The maximum Gasteiger partial charge on any atom is 0.262 e. The van der Waals surface area contributed by atoms with Gasteiger partial charge in [-0.3, -0.25) is 9.52 Å². The van der Waals surface area contributed by atoms with E-state index in [1.807, 2.05) is 9.62 Å². The molecule has 1 saturated carbocycles. The summed E-state index contributed by atoms with van der Waals surface area (Å²) in [5.74, 6) is -5.74. The first-order valence-electron chi connectivity index (χ1n) is 10.6.